The van der Waals surface area contributed by atoms with E-state index in [0.29, 0.717) is 17.1 Å². The summed E-state index contributed by atoms with van der Waals surface area (Å²) in [4.78, 5) is 4.88. The summed E-state index contributed by atoms with van der Waals surface area (Å²) in [6, 6.07) is 43.0. The summed E-state index contributed by atoms with van der Waals surface area (Å²) < 4.78 is 8.11. The number of ether oxygens (including phenoxy) is 1. The average Bonchev–Trinajstić information content (AvgIpc) is 3.78. The number of aromatic amines is 1. The second kappa shape index (κ2) is 11.8. The number of rotatable bonds is 7. The Morgan fingerprint density at radius 2 is 1.43 bits per heavy atom. The molecule has 0 saturated carbocycles. The van der Waals surface area contributed by atoms with Gasteiger partial charge < -0.3 is 9.84 Å². The number of hydrogen-bond acceptors (Lipinski definition) is 5. The minimum Gasteiger partial charge on any atom is -0.507 e. The van der Waals surface area contributed by atoms with Crippen molar-refractivity contribution in [3.05, 3.63) is 156 Å². The van der Waals surface area contributed by atoms with Crippen LogP contribution in [0.4, 0.5) is 0 Å². The number of nitrogens with one attached hydrogen (secondary N) is 1. The Kier molecular flexibility index (Phi) is 7.15. The summed E-state index contributed by atoms with van der Waals surface area (Å²) in [5.74, 6) is 0.778. The van der Waals surface area contributed by atoms with Crippen LogP contribution in [-0.2, 0) is 10.3 Å². The van der Waals surface area contributed by atoms with Crippen LogP contribution in [0.5, 0.6) is 5.75 Å². The quantitative estimate of drug-likeness (QED) is 0.179. The third-order valence-corrected chi connectivity index (χ3v) is 9.07. The van der Waals surface area contributed by atoms with Gasteiger partial charge >= 0.3 is 0 Å². The lowest BCUT2D eigenvalue weighted by Gasteiger charge is -2.35. The fourth-order valence-electron chi connectivity index (χ4n) is 6.91. The molecule has 1 atom stereocenters. The maximum absolute atomic E-state index is 11.1. The van der Waals surface area contributed by atoms with Crippen molar-refractivity contribution >= 4 is 10.9 Å². The molecular formula is C39H33N5O2. The van der Waals surface area contributed by atoms with Crippen LogP contribution in [0.15, 0.2) is 134 Å². The molecule has 5 aromatic carbocycles. The first-order valence-electron chi connectivity index (χ1n) is 15.7. The van der Waals surface area contributed by atoms with Gasteiger partial charge in [-0.15, -0.1) is 5.10 Å². The van der Waals surface area contributed by atoms with Crippen LogP contribution in [0.3, 0.4) is 0 Å². The first-order chi connectivity index (χ1) is 22.7. The van der Waals surface area contributed by atoms with Gasteiger partial charge in [0.1, 0.15) is 23.3 Å². The van der Waals surface area contributed by atoms with Crippen molar-refractivity contribution in [1.29, 1.82) is 0 Å². The highest BCUT2D eigenvalue weighted by Crippen LogP contribution is 2.43. The number of benzene rings is 5. The molecule has 7 heteroatoms. The van der Waals surface area contributed by atoms with E-state index in [9.17, 15) is 5.11 Å². The molecule has 1 unspecified atom stereocenters. The van der Waals surface area contributed by atoms with Crippen LogP contribution in [-0.4, -0.2) is 36.7 Å². The number of phenolic OH excluding ortho intramolecular Hbond substituents is 1. The molecule has 7 aromatic rings. The zero-order chi connectivity index (χ0) is 30.9. The van der Waals surface area contributed by atoms with E-state index in [0.717, 1.165) is 64.6 Å². The Balaban J connectivity index is 1.28. The summed E-state index contributed by atoms with van der Waals surface area (Å²) in [6.45, 7) is 0.718. The van der Waals surface area contributed by atoms with E-state index in [1.807, 2.05) is 53.5 Å². The molecular weight excluding hydrogens is 570 g/mol. The molecule has 1 aliphatic rings. The highest BCUT2D eigenvalue weighted by Gasteiger charge is 2.39. The van der Waals surface area contributed by atoms with E-state index < -0.39 is 5.54 Å². The van der Waals surface area contributed by atoms with Crippen molar-refractivity contribution in [2.75, 3.05) is 6.61 Å². The lowest BCUT2D eigenvalue weighted by atomic mass is 9.77. The van der Waals surface area contributed by atoms with Gasteiger partial charge in [0.15, 0.2) is 5.82 Å². The molecule has 1 fully saturated rings. The molecule has 0 bridgehead atoms. The van der Waals surface area contributed by atoms with Gasteiger partial charge in [0.2, 0.25) is 0 Å². The highest BCUT2D eigenvalue weighted by atomic mass is 16.5. The van der Waals surface area contributed by atoms with Crippen LogP contribution in [0, 0.1) is 0 Å². The van der Waals surface area contributed by atoms with Crippen LogP contribution in [0.1, 0.15) is 47.6 Å². The summed E-state index contributed by atoms with van der Waals surface area (Å²) in [5.41, 5.74) is 6.53. The molecule has 2 aromatic heterocycles. The third-order valence-electron chi connectivity index (χ3n) is 9.07. The second-order valence-electron chi connectivity index (χ2n) is 11.8. The molecule has 226 valence electrons. The molecule has 8 rings (SSSR count). The van der Waals surface area contributed by atoms with Gasteiger partial charge in [0.25, 0.3) is 0 Å². The van der Waals surface area contributed by atoms with Gasteiger partial charge in [0.05, 0.1) is 17.2 Å². The van der Waals surface area contributed by atoms with E-state index >= 15 is 0 Å². The molecule has 0 amide bonds. The van der Waals surface area contributed by atoms with Gasteiger partial charge in [-0.2, -0.15) is 5.10 Å². The second-order valence-corrected chi connectivity index (χ2v) is 11.8. The van der Waals surface area contributed by atoms with Crippen LogP contribution >= 0.6 is 0 Å². The summed E-state index contributed by atoms with van der Waals surface area (Å²) in [7, 11) is 0. The standard InChI is InChI=1S/C39H33N5O2/c45-34-20-12-19-31(35-21-10-11-24-46-35)36(34)37-32-25-27(22-23-33(32)41-42-37)38-40-26-44(43-38)39(28-13-4-1-5-14-28,29-15-6-2-7-16-29)30-17-8-3-9-18-30/h1-9,12-20,22-23,25-26,35,45H,10-11,21,24H2,(H,41,42). The number of phenols is 1. The van der Waals surface area contributed by atoms with E-state index in [2.05, 4.69) is 84.0 Å². The highest BCUT2D eigenvalue weighted by molar-refractivity contribution is 5.97. The van der Waals surface area contributed by atoms with Crippen LogP contribution in [0.25, 0.3) is 33.5 Å². The molecule has 0 aliphatic carbocycles. The minimum atomic E-state index is -0.759. The summed E-state index contributed by atoms with van der Waals surface area (Å²) in [5, 5.41) is 25.1. The maximum atomic E-state index is 11.1. The summed E-state index contributed by atoms with van der Waals surface area (Å²) >= 11 is 0. The Labute approximate surface area is 267 Å². The number of nitrogens with zero attached hydrogens (tertiary/aromatic N) is 4. The van der Waals surface area contributed by atoms with Crippen molar-refractivity contribution in [1.82, 2.24) is 25.0 Å². The molecule has 3 heterocycles. The fraction of sp³-hybridized carbons (Fsp3) is 0.154. The molecule has 0 radical (unpaired) electrons. The number of H-pyrrole nitrogens is 1. The van der Waals surface area contributed by atoms with E-state index in [1.54, 1.807) is 6.07 Å². The average molecular weight is 604 g/mol. The van der Waals surface area contributed by atoms with Crippen molar-refractivity contribution in [2.45, 2.75) is 30.9 Å². The lowest BCUT2D eigenvalue weighted by Crippen LogP contribution is -2.38. The monoisotopic (exact) mass is 603 g/mol. The Hall–Kier alpha value is -5.53. The fourth-order valence-corrected chi connectivity index (χ4v) is 6.91. The maximum Gasteiger partial charge on any atom is 0.181 e. The SMILES string of the molecule is Oc1cccc(C2CCCCO2)c1-c1n[nH]c2ccc(-c3ncn(C(c4ccccc4)(c4ccccc4)c4ccccc4)n3)cc12. The largest absolute Gasteiger partial charge is 0.507 e. The Morgan fingerprint density at radius 1 is 0.761 bits per heavy atom. The topological polar surface area (TPSA) is 88.9 Å². The minimum absolute atomic E-state index is 0.0785. The molecule has 0 spiro atoms. The predicted molar refractivity (Wildman–Crippen MR) is 179 cm³/mol. The molecule has 1 aliphatic heterocycles. The van der Waals surface area contributed by atoms with E-state index in [4.69, 9.17) is 19.9 Å². The number of hydrogen-bond donors (Lipinski definition) is 2. The molecule has 7 nitrogen and oxygen atoms in total. The Bertz CT molecular complexity index is 2000. The number of fused-ring (bicyclic) bond motifs is 1. The van der Waals surface area contributed by atoms with Gasteiger partial charge in [-0.25, -0.2) is 9.67 Å². The normalized spacial score (nSPS) is 15.3. The Morgan fingerprint density at radius 3 is 2.07 bits per heavy atom. The van der Waals surface area contributed by atoms with Crippen molar-refractivity contribution < 1.29 is 9.84 Å². The smallest absolute Gasteiger partial charge is 0.181 e. The summed E-state index contributed by atoms with van der Waals surface area (Å²) in [6.07, 6.45) is 4.81. The molecule has 2 N–H and O–H groups in total. The van der Waals surface area contributed by atoms with Gasteiger partial charge in [0, 0.05) is 17.6 Å². The van der Waals surface area contributed by atoms with Gasteiger partial charge in [-0.1, -0.05) is 103 Å². The number of aromatic nitrogens is 5. The van der Waals surface area contributed by atoms with Crippen LogP contribution in [0.2, 0.25) is 0 Å². The van der Waals surface area contributed by atoms with E-state index in [-0.39, 0.29) is 11.9 Å². The van der Waals surface area contributed by atoms with Crippen LogP contribution < -0.4 is 0 Å². The molecule has 1 saturated heterocycles. The lowest BCUT2D eigenvalue weighted by molar-refractivity contribution is 0.0152. The van der Waals surface area contributed by atoms with Gasteiger partial charge in [-0.05, 0) is 65.8 Å². The molecule has 46 heavy (non-hydrogen) atoms. The zero-order valence-electron chi connectivity index (χ0n) is 25.3. The predicted octanol–water partition coefficient (Wildman–Crippen LogP) is 8.28. The first kappa shape index (κ1) is 28.0. The zero-order valence-corrected chi connectivity index (χ0v) is 25.3. The van der Waals surface area contributed by atoms with Crippen molar-refractivity contribution in [3.63, 3.8) is 0 Å². The first-order valence-corrected chi connectivity index (χ1v) is 15.7. The third kappa shape index (κ3) is 4.68. The van der Waals surface area contributed by atoms with Gasteiger partial charge in [-0.3, -0.25) is 5.10 Å². The van der Waals surface area contributed by atoms with Crippen molar-refractivity contribution in [3.8, 4) is 28.4 Å². The van der Waals surface area contributed by atoms with E-state index in [1.165, 1.54) is 0 Å². The number of aromatic hydroxyl groups is 1. The van der Waals surface area contributed by atoms with Crippen molar-refractivity contribution in [2.24, 2.45) is 0 Å².